The largest absolute Gasteiger partial charge is 0.391 e. The van der Waals surface area contributed by atoms with E-state index >= 15 is 0 Å². The molecule has 7 heteroatoms. The number of aromatic nitrogens is 2. The number of carbonyl (C=O) groups is 1. The van der Waals surface area contributed by atoms with Crippen molar-refractivity contribution in [3.8, 4) is 0 Å². The number of carbonyl (C=O) groups excluding carboxylic acids is 1. The van der Waals surface area contributed by atoms with Crippen molar-refractivity contribution in [2.45, 2.75) is 51.8 Å². The van der Waals surface area contributed by atoms with Gasteiger partial charge in [0, 0.05) is 44.5 Å². The van der Waals surface area contributed by atoms with Gasteiger partial charge in [-0.05, 0) is 38.0 Å². The van der Waals surface area contributed by atoms with Gasteiger partial charge >= 0.3 is 0 Å². The number of amides is 1. The average Bonchev–Trinajstić information content (AvgIpc) is 3.25. The highest BCUT2D eigenvalue weighted by Gasteiger charge is 2.45. The standard InChI is InChI=1S/C20H32N4O3/c1-3-4-24-14(2)17(11-21-24)20(26)23-12-15-9-18(19(25)10-16(15)13-23)22-5-7-27-8-6-22/h11,15-16,18-19,25H,3-10,12-13H2,1-2H3/t15-,16+,18-,19-/m1/s1. The molecule has 1 aromatic rings. The van der Waals surface area contributed by atoms with E-state index in [4.69, 9.17) is 4.74 Å². The average molecular weight is 377 g/mol. The van der Waals surface area contributed by atoms with Crippen LogP contribution in [0.4, 0.5) is 0 Å². The molecule has 1 amide bonds. The second-order valence-electron chi connectivity index (χ2n) is 8.35. The lowest BCUT2D eigenvalue weighted by atomic mass is 9.77. The summed E-state index contributed by atoms with van der Waals surface area (Å²) in [6.07, 6.45) is 4.20. The number of morpholine rings is 1. The van der Waals surface area contributed by atoms with Crippen LogP contribution in [0, 0.1) is 18.8 Å². The van der Waals surface area contributed by atoms with Crippen LogP contribution in [0.25, 0.3) is 0 Å². The van der Waals surface area contributed by atoms with Crippen LogP contribution in [0.5, 0.6) is 0 Å². The Bertz CT molecular complexity index is 670. The Morgan fingerprint density at radius 1 is 1.26 bits per heavy atom. The summed E-state index contributed by atoms with van der Waals surface area (Å²) in [4.78, 5) is 17.4. The molecular formula is C20H32N4O3. The molecule has 0 bridgehead atoms. The van der Waals surface area contributed by atoms with Gasteiger partial charge in [-0.15, -0.1) is 0 Å². The maximum absolute atomic E-state index is 13.1. The first-order valence-corrected chi connectivity index (χ1v) is 10.4. The predicted molar refractivity (Wildman–Crippen MR) is 102 cm³/mol. The Morgan fingerprint density at radius 3 is 2.67 bits per heavy atom. The summed E-state index contributed by atoms with van der Waals surface area (Å²) >= 11 is 0. The van der Waals surface area contributed by atoms with Crippen molar-refractivity contribution < 1.29 is 14.6 Å². The van der Waals surface area contributed by atoms with Gasteiger partial charge in [0.15, 0.2) is 0 Å². The van der Waals surface area contributed by atoms with Gasteiger partial charge < -0.3 is 14.7 Å². The fraction of sp³-hybridized carbons (Fsp3) is 0.800. The third-order valence-electron chi connectivity index (χ3n) is 6.68. The summed E-state index contributed by atoms with van der Waals surface area (Å²) in [5, 5.41) is 15.1. The molecule has 4 rings (SSSR count). The molecule has 1 N–H and O–H groups in total. The first kappa shape index (κ1) is 18.9. The SMILES string of the molecule is CCCn1ncc(C(=O)N2C[C@H]3C[C@@H](N4CCOCC4)[C@H](O)C[C@H]3C2)c1C. The molecule has 0 unspecified atom stereocenters. The third-order valence-corrected chi connectivity index (χ3v) is 6.68. The molecular weight excluding hydrogens is 344 g/mol. The van der Waals surface area contributed by atoms with Gasteiger partial charge in [0.05, 0.1) is 31.1 Å². The van der Waals surface area contributed by atoms with Crippen molar-refractivity contribution in [3.63, 3.8) is 0 Å². The molecule has 3 fully saturated rings. The van der Waals surface area contributed by atoms with E-state index in [0.717, 1.165) is 76.5 Å². The van der Waals surface area contributed by atoms with Crippen molar-refractivity contribution in [3.05, 3.63) is 17.5 Å². The molecule has 1 saturated carbocycles. The molecule has 1 aliphatic carbocycles. The van der Waals surface area contributed by atoms with Gasteiger partial charge in [-0.25, -0.2) is 0 Å². The van der Waals surface area contributed by atoms with Crippen LogP contribution in [-0.2, 0) is 11.3 Å². The number of aliphatic hydroxyl groups excluding tert-OH is 1. The van der Waals surface area contributed by atoms with Crippen molar-refractivity contribution in [2.24, 2.45) is 11.8 Å². The highest BCUT2D eigenvalue weighted by atomic mass is 16.5. The normalized spacial score (nSPS) is 31.9. The molecule has 3 aliphatic rings. The van der Waals surface area contributed by atoms with Crippen molar-refractivity contribution >= 4 is 5.91 Å². The molecule has 27 heavy (non-hydrogen) atoms. The zero-order valence-electron chi connectivity index (χ0n) is 16.5. The minimum absolute atomic E-state index is 0.0988. The van der Waals surface area contributed by atoms with Crippen molar-refractivity contribution in [1.29, 1.82) is 0 Å². The number of rotatable bonds is 4. The summed E-state index contributed by atoms with van der Waals surface area (Å²) in [6, 6.07) is 0.208. The smallest absolute Gasteiger partial charge is 0.257 e. The molecule has 4 atom stereocenters. The highest BCUT2D eigenvalue weighted by Crippen LogP contribution is 2.39. The number of aryl methyl sites for hydroxylation is 1. The summed E-state index contributed by atoms with van der Waals surface area (Å²) in [5.74, 6) is 0.991. The van der Waals surface area contributed by atoms with Crippen LogP contribution >= 0.6 is 0 Å². The highest BCUT2D eigenvalue weighted by molar-refractivity contribution is 5.95. The quantitative estimate of drug-likeness (QED) is 0.853. The van der Waals surface area contributed by atoms with E-state index in [1.165, 1.54) is 0 Å². The van der Waals surface area contributed by atoms with Crippen LogP contribution in [0.15, 0.2) is 6.20 Å². The molecule has 0 spiro atoms. The summed E-state index contributed by atoms with van der Waals surface area (Å²) in [5.41, 5.74) is 1.69. The van der Waals surface area contributed by atoms with Crippen LogP contribution in [0.2, 0.25) is 0 Å². The number of nitrogens with zero attached hydrogens (tertiary/aromatic N) is 4. The molecule has 2 aliphatic heterocycles. The van der Waals surface area contributed by atoms with E-state index in [1.807, 2.05) is 16.5 Å². The van der Waals surface area contributed by atoms with E-state index in [-0.39, 0.29) is 18.1 Å². The lowest BCUT2D eigenvalue weighted by molar-refractivity contribution is -0.0520. The minimum atomic E-state index is -0.298. The zero-order chi connectivity index (χ0) is 19.0. The molecule has 150 valence electrons. The fourth-order valence-electron chi connectivity index (χ4n) is 5.14. The molecule has 0 aromatic carbocycles. The van der Waals surface area contributed by atoms with Crippen LogP contribution < -0.4 is 0 Å². The number of fused-ring (bicyclic) bond motifs is 1. The maximum Gasteiger partial charge on any atom is 0.257 e. The first-order chi connectivity index (χ1) is 13.1. The molecule has 0 radical (unpaired) electrons. The number of ether oxygens (including phenoxy) is 1. The molecule has 3 heterocycles. The second kappa shape index (κ2) is 7.89. The summed E-state index contributed by atoms with van der Waals surface area (Å²) in [6.45, 7) is 9.81. The van der Waals surface area contributed by atoms with Crippen LogP contribution in [0.1, 0.15) is 42.2 Å². The van der Waals surface area contributed by atoms with Crippen LogP contribution in [-0.4, -0.2) is 82.1 Å². The molecule has 1 aromatic heterocycles. The van der Waals surface area contributed by atoms with E-state index in [9.17, 15) is 9.90 Å². The van der Waals surface area contributed by atoms with E-state index in [1.54, 1.807) is 6.20 Å². The molecule has 7 nitrogen and oxygen atoms in total. The molecule has 2 saturated heterocycles. The topological polar surface area (TPSA) is 70.8 Å². The Kier molecular flexibility index (Phi) is 5.53. The lowest BCUT2D eigenvalue weighted by Gasteiger charge is -2.43. The number of aliphatic hydroxyl groups is 1. The van der Waals surface area contributed by atoms with E-state index < -0.39 is 0 Å². The predicted octanol–water partition coefficient (Wildman–Crippen LogP) is 1.15. The minimum Gasteiger partial charge on any atom is -0.391 e. The van der Waals surface area contributed by atoms with E-state index in [0.29, 0.717) is 11.8 Å². The number of likely N-dealkylation sites (tertiary alicyclic amines) is 1. The van der Waals surface area contributed by atoms with Gasteiger partial charge in [-0.3, -0.25) is 14.4 Å². The maximum atomic E-state index is 13.1. The van der Waals surface area contributed by atoms with Gasteiger partial charge in [0.25, 0.3) is 5.91 Å². The van der Waals surface area contributed by atoms with E-state index in [2.05, 4.69) is 16.9 Å². The monoisotopic (exact) mass is 376 g/mol. The Labute approximate surface area is 161 Å². The van der Waals surface area contributed by atoms with Gasteiger partial charge in [-0.2, -0.15) is 5.10 Å². The van der Waals surface area contributed by atoms with Crippen molar-refractivity contribution in [1.82, 2.24) is 19.6 Å². The lowest BCUT2D eigenvalue weighted by Crippen LogP contribution is -2.53. The second-order valence-corrected chi connectivity index (χ2v) is 8.35. The summed E-state index contributed by atoms with van der Waals surface area (Å²) < 4.78 is 7.38. The fourth-order valence-corrected chi connectivity index (χ4v) is 5.14. The zero-order valence-corrected chi connectivity index (χ0v) is 16.5. The first-order valence-electron chi connectivity index (χ1n) is 10.4. The Morgan fingerprint density at radius 2 is 1.96 bits per heavy atom. The van der Waals surface area contributed by atoms with Gasteiger partial charge in [-0.1, -0.05) is 6.92 Å². The third kappa shape index (κ3) is 3.65. The van der Waals surface area contributed by atoms with Gasteiger partial charge in [0.2, 0.25) is 0 Å². The Balaban J connectivity index is 1.42. The van der Waals surface area contributed by atoms with Crippen molar-refractivity contribution in [2.75, 3.05) is 39.4 Å². The summed E-state index contributed by atoms with van der Waals surface area (Å²) in [7, 11) is 0. The number of hydrogen-bond donors (Lipinski definition) is 1. The number of hydrogen-bond acceptors (Lipinski definition) is 5. The van der Waals surface area contributed by atoms with Crippen LogP contribution in [0.3, 0.4) is 0 Å². The Hall–Kier alpha value is -1.44. The van der Waals surface area contributed by atoms with Gasteiger partial charge in [0.1, 0.15) is 0 Å².